The van der Waals surface area contributed by atoms with E-state index in [1.54, 1.807) is 0 Å². The lowest BCUT2D eigenvalue weighted by atomic mass is 9.89. The summed E-state index contributed by atoms with van der Waals surface area (Å²) in [6.07, 6.45) is 6.46. The molecule has 0 amide bonds. The Labute approximate surface area is 139 Å². The number of hydrogen-bond donors (Lipinski definition) is 0. The number of aromatic nitrogens is 2. The van der Waals surface area contributed by atoms with E-state index in [-0.39, 0.29) is 24.2 Å². The zero-order chi connectivity index (χ0) is 16.4. The van der Waals surface area contributed by atoms with Crippen LogP contribution < -0.4 is 5.56 Å². The Balaban J connectivity index is 1.72. The van der Waals surface area contributed by atoms with Crippen molar-refractivity contribution in [3.8, 4) is 0 Å². The third kappa shape index (κ3) is 3.63. The lowest BCUT2D eigenvalue weighted by Gasteiger charge is -2.26. The van der Waals surface area contributed by atoms with Gasteiger partial charge in [-0.3, -0.25) is 14.2 Å². The van der Waals surface area contributed by atoms with E-state index in [9.17, 15) is 9.59 Å². The topological polar surface area (TPSA) is 61.2 Å². The van der Waals surface area contributed by atoms with Gasteiger partial charge in [-0.25, -0.2) is 4.98 Å². The third-order valence-electron chi connectivity index (χ3n) is 4.40. The number of hydrogen-bond acceptors (Lipinski definition) is 5. The highest BCUT2D eigenvalue weighted by atomic mass is 32.1. The van der Waals surface area contributed by atoms with E-state index in [2.05, 4.69) is 11.9 Å². The molecule has 0 aromatic carbocycles. The van der Waals surface area contributed by atoms with E-state index < -0.39 is 0 Å². The Morgan fingerprint density at radius 1 is 1.48 bits per heavy atom. The monoisotopic (exact) mass is 334 g/mol. The molecule has 6 heteroatoms. The van der Waals surface area contributed by atoms with Crippen molar-refractivity contribution in [3.05, 3.63) is 27.6 Å². The molecular weight excluding hydrogens is 312 g/mol. The summed E-state index contributed by atoms with van der Waals surface area (Å²) in [4.78, 5) is 30.7. The summed E-state index contributed by atoms with van der Waals surface area (Å²) in [6, 6.07) is 1.87. The molecule has 0 unspecified atom stereocenters. The maximum Gasteiger partial charge on any atom is 0.326 e. The Morgan fingerprint density at radius 2 is 2.30 bits per heavy atom. The minimum atomic E-state index is -0.349. The van der Waals surface area contributed by atoms with Crippen LogP contribution in [-0.2, 0) is 22.5 Å². The van der Waals surface area contributed by atoms with Gasteiger partial charge in [-0.05, 0) is 37.7 Å². The van der Waals surface area contributed by atoms with Crippen molar-refractivity contribution in [2.45, 2.75) is 58.6 Å². The molecule has 0 saturated heterocycles. The number of thiophene rings is 1. The number of carbonyl (C=O) groups is 1. The van der Waals surface area contributed by atoms with Gasteiger partial charge in [0, 0.05) is 4.88 Å². The van der Waals surface area contributed by atoms with Gasteiger partial charge in [0.2, 0.25) is 0 Å². The average Bonchev–Trinajstić information content (AvgIpc) is 2.94. The molecule has 3 rings (SSSR count). The molecule has 1 fully saturated rings. The molecule has 5 nitrogen and oxygen atoms in total. The number of aryl methyl sites for hydroxylation is 1. The first-order valence-electron chi connectivity index (χ1n) is 8.24. The Hall–Kier alpha value is -1.69. The molecule has 0 bridgehead atoms. The van der Waals surface area contributed by atoms with E-state index in [0.29, 0.717) is 11.3 Å². The van der Waals surface area contributed by atoms with Gasteiger partial charge in [0.15, 0.2) is 0 Å². The first-order chi connectivity index (χ1) is 11.1. The molecule has 1 saturated carbocycles. The number of esters is 1. The second kappa shape index (κ2) is 6.83. The minimum absolute atomic E-state index is 0.00789. The molecule has 2 aromatic heterocycles. The fourth-order valence-corrected chi connectivity index (χ4v) is 4.07. The van der Waals surface area contributed by atoms with E-state index in [1.165, 1.54) is 28.7 Å². The first-order valence-corrected chi connectivity index (χ1v) is 9.05. The lowest BCUT2D eigenvalue weighted by molar-refractivity contribution is -0.152. The molecular formula is C17H22N2O3S. The smallest absolute Gasteiger partial charge is 0.326 e. The Kier molecular flexibility index (Phi) is 4.80. The summed E-state index contributed by atoms with van der Waals surface area (Å²) >= 11 is 1.53. The number of rotatable bonds is 4. The SMILES string of the molecule is CCc1cc2c(=O)n(CC(=O)O[C@@H]3CCC[C@@H](C)C3)cnc2s1. The van der Waals surface area contributed by atoms with Gasteiger partial charge < -0.3 is 4.74 Å². The summed E-state index contributed by atoms with van der Waals surface area (Å²) in [5.41, 5.74) is -0.167. The van der Waals surface area contributed by atoms with Gasteiger partial charge in [-0.2, -0.15) is 0 Å². The third-order valence-corrected chi connectivity index (χ3v) is 5.59. The van der Waals surface area contributed by atoms with E-state index in [1.807, 2.05) is 13.0 Å². The Bertz CT molecular complexity index is 765. The van der Waals surface area contributed by atoms with Gasteiger partial charge in [-0.1, -0.05) is 20.3 Å². The molecule has 0 aliphatic heterocycles. The number of ether oxygens (including phenoxy) is 1. The van der Waals surface area contributed by atoms with Crippen LogP contribution in [-0.4, -0.2) is 21.6 Å². The molecule has 0 N–H and O–H groups in total. The van der Waals surface area contributed by atoms with Crippen LogP contribution in [0.1, 0.15) is 44.4 Å². The first kappa shape index (κ1) is 16.2. The van der Waals surface area contributed by atoms with Gasteiger partial charge >= 0.3 is 5.97 Å². The molecule has 0 radical (unpaired) electrons. The molecule has 0 spiro atoms. The molecule has 124 valence electrons. The van der Waals surface area contributed by atoms with Crippen molar-refractivity contribution in [2.75, 3.05) is 0 Å². The lowest BCUT2D eigenvalue weighted by Crippen LogP contribution is -2.30. The van der Waals surface area contributed by atoms with Crippen LogP contribution in [0.3, 0.4) is 0 Å². The van der Waals surface area contributed by atoms with Crippen LogP contribution in [0.5, 0.6) is 0 Å². The average molecular weight is 334 g/mol. The Morgan fingerprint density at radius 3 is 3.04 bits per heavy atom. The van der Waals surface area contributed by atoms with E-state index >= 15 is 0 Å². The highest BCUT2D eigenvalue weighted by molar-refractivity contribution is 7.18. The van der Waals surface area contributed by atoms with Crippen molar-refractivity contribution < 1.29 is 9.53 Å². The van der Waals surface area contributed by atoms with Gasteiger partial charge in [-0.15, -0.1) is 11.3 Å². The summed E-state index contributed by atoms with van der Waals surface area (Å²) in [7, 11) is 0. The molecule has 23 heavy (non-hydrogen) atoms. The second-order valence-corrected chi connectivity index (χ2v) is 7.46. The van der Waals surface area contributed by atoms with Gasteiger partial charge in [0.05, 0.1) is 11.7 Å². The van der Waals surface area contributed by atoms with Crippen molar-refractivity contribution >= 4 is 27.5 Å². The van der Waals surface area contributed by atoms with E-state index in [0.717, 1.165) is 35.4 Å². The highest BCUT2D eigenvalue weighted by Crippen LogP contribution is 2.26. The zero-order valence-electron chi connectivity index (χ0n) is 13.6. The second-order valence-electron chi connectivity index (χ2n) is 6.35. The standard InChI is InChI=1S/C17H22N2O3S/c1-3-13-8-14-16(23-13)18-10-19(17(14)21)9-15(20)22-12-6-4-5-11(2)7-12/h8,10-12H,3-7,9H2,1-2H3/t11-,12-/m1/s1. The molecule has 1 aliphatic carbocycles. The van der Waals surface area contributed by atoms with Crippen LogP contribution in [0.4, 0.5) is 0 Å². The maximum absolute atomic E-state index is 12.5. The summed E-state index contributed by atoms with van der Waals surface area (Å²) < 4.78 is 6.89. The molecule has 1 aliphatic rings. The van der Waals surface area contributed by atoms with Crippen LogP contribution >= 0.6 is 11.3 Å². The van der Waals surface area contributed by atoms with Crippen LogP contribution in [0.2, 0.25) is 0 Å². The molecule has 2 heterocycles. The van der Waals surface area contributed by atoms with Crippen LogP contribution in [0.25, 0.3) is 10.2 Å². The largest absolute Gasteiger partial charge is 0.461 e. The quantitative estimate of drug-likeness (QED) is 0.806. The fraction of sp³-hybridized carbons (Fsp3) is 0.588. The van der Waals surface area contributed by atoms with Crippen LogP contribution in [0, 0.1) is 5.92 Å². The number of carbonyl (C=O) groups excluding carboxylic acids is 1. The normalized spacial score (nSPS) is 21.5. The van der Waals surface area contributed by atoms with Crippen molar-refractivity contribution in [1.29, 1.82) is 0 Å². The molecule has 2 aromatic rings. The summed E-state index contributed by atoms with van der Waals surface area (Å²) in [5.74, 6) is 0.249. The van der Waals surface area contributed by atoms with E-state index in [4.69, 9.17) is 4.74 Å². The van der Waals surface area contributed by atoms with Crippen molar-refractivity contribution in [2.24, 2.45) is 5.92 Å². The van der Waals surface area contributed by atoms with Gasteiger partial charge in [0.1, 0.15) is 17.5 Å². The fourth-order valence-electron chi connectivity index (χ4n) is 3.14. The predicted octanol–water partition coefficient (Wildman–Crippen LogP) is 3.14. The minimum Gasteiger partial charge on any atom is -0.461 e. The van der Waals surface area contributed by atoms with Crippen molar-refractivity contribution in [3.63, 3.8) is 0 Å². The number of fused-ring (bicyclic) bond motifs is 1. The summed E-state index contributed by atoms with van der Waals surface area (Å²) in [5, 5.41) is 0.591. The van der Waals surface area contributed by atoms with Crippen molar-refractivity contribution in [1.82, 2.24) is 9.55 Å². The maximum atomic E-state index is 12.5. The summed E-state index contributed by atoms with van der Waals surface area (Å²) in [6.45, 7) is 4.17. The van der Waals surface area contributed by atoms with Crippen LogP contribution in [0.15, 0.2) is 17.2 Å². The predicted molar refractivity (Wildman–Crippen MR) is 90.8 cm³/mol. The highest BCUT2D eigenvalue weighted by Gasteiger charge is 2.22. The molecule has 2 atom stereocenters. The zero-order valence-corrected chi connectivity index (χ0v) is 14.4. The van der Waals surface area contributed by atoms with Gasteiger partial charge in [0.25, 0.3) is 5.56 Å². The number of nitrogens with zero attached hydrogens (tertiary/aromatic N) is 2.